The van der Waals surface area contributed by atoms with E-state index in [4.69, 9.17) is 4.74 Å². The van der Waals surface area contributed by atoms with Crippen molar-refractivity contribution in [3.8, 4) is 11.1 Å². The van der Waals surface area contributed by atoms with Gasteiger partial charge >= 0.3 is 5.97 Å². The predicted molar refractivity (Wildman–Crippen MR) is 121 cm³/mol. The van der Waals surface area contributed by atoms with Crippen LogP contribution in [0.2, 0.25) is 0 Å². The topological polar surface area (TPSA) is 85.6 Å². The maximum absolute atomic E-state index is 12.9. The highest BCUT2D eigenvalue weighted by Gasteiger charge is 2.16. The van der Waals surface area contributed by atoms with E-state index in [0.29, 0.717) is 11.1 Å². The molecule has 1 unspecified atom stereocenters. The second-order valence-electron chi connectivity index (χ2n) is 7.19. The Kier molecular flexibility index (Phi) is 7.15. The lowest BCUT2D eigenvalue weighted by atomic mass is 9.96. The zero-order valence-corrected chi connectivity index (χ0v) is 17.6. The first kappa shape index (κ1) is 22.2. The molecule has 1 heterocycles. The van der Waals surface area contributed by atoms with E-state index in [9.17, 15) is 19.5 Å². The van der Waals surface area contributed by atoms with E-state index in [1.165, 1.54) is 10.6 Å². The number of Topliss-reactive ketones (excluding diaryl/α,β-unsaturated/α-hetero) is 1. The average Bonchev–Trinajstić information content (AvgIpc) is 2.75. The van der Waals surface area contributed by atoms with E-state index >= 15 is 0 Å². The minimum atomic E-state index is -1.09. The lowest BCUT2D eigenvalue weighted by molar-refractivity contribution is -0.145. The van der Waals surface area contributed by atoms with Crippen molar-refractivity contribution in [2.75, 3.05) is 6.61 Å². The van der Waals surface area contributed by atoms with Gasteiger partial charge in [0.1, 0.15) is 12.2 Å². The summed E-state index contributed by atoms with van der Waals surface area (Å²) in [5.41, 5.74) is 2.26. The number of aromatic nitrogens is 1. The minimum absolute atomic E-state index is 0.150. The normalized spacial score (nSPS) is 12.2. The molecule has 0 saturated carbocycles. The number of rotatable bonds is 8. The van der Waals surface area contributed by atoms with Gasteiger partial charge in [0.05, 0.1) is 18.4 Å². The Morgan fingerprint density at radius 2 is 1.71 bits per heavy atom. The van der Waals surface area contributed by atoms with Crippen molar-refractivity contribution in [3.05, 3.63) is 76.7 Å². The van der Waals surface area contributed by atoms with Crippen molar-refractivity contribution >= 4 is 28.6 Å². The molecule has 0 fully saturated rings. The summed E-state index contributed by atoms with van der Waals surface area (Å²) >= 11 is 0. The van der Waals surface area contributed by atoms with Crippen molar-refractivity contribution in [1.29, 1.82) is 0 Å². The second kappa shape index (κ2) is 10.00. The van der Waals surface area contributed by atoms with E-state index < -0.39 is 17.9 Å². The zero-order valence-electron chi connectivity index (χ0n) is 17.6. The van der Waals surface area contributed by atoms with Crippen LogP contribution in [0.3, 0.4) is 0 Å². The third kappa shape index (κ3) is 5.16. The van der Waals surface area contributed by atoms with E-state index in [2.05, 4.69) is 0 Å². The Morgan fingerprint density at radius 1 is 1.06 bits per heavy atom. The number of aliphatic hydroxyl groups excluding tert-OH is 1. The van der Waals surface area contributed by atoms with Crippen LogP contribution in [-0.4, -0.2) is 34.1 Å². The van der Waals surface area contributed by atoms with Gasteiger partial charge in [-0.25, -0.2) is 0 Å². The summed E-state index contributed by atoms with van der Waals surface area (Å²) in [6, 6.07) is 17.1. The summed E-state index contributed by atoms with van der Waals surface area (Å²) in [4.78, 5) is 36.3. The molecule has 6 heteroatoms. The Labute approximate surface area is 180 Å². The molecular weight excluding hydrogens is 394 g/mol. The molecule has 2 aromatic carbocycles. The molecule has 0 bridgehead atoms. The van der Waals surface area contributed by atoms with Gasteiger partial charge in [-0.3, -0.25) is 14.4 Å². The molecule has 3 rings (SSSR count). The van der Waals surface area contributed by atoms with E-state index in [1.54, 1.807) is 26.1 Å². The number of carbonyl (C=O) groups excluding carboxylic acids is 2. The van der Waals surface area contributed by atoms with Gasteiger partial charge in [0.2, 0.25) is 0 Å². The van der Waals surface area contributed by atoms with Crippen LogP contribution < -0.4 is 5.56 Å². The molecule has 1 N–H and O–H groups in total. The lowest BCUT2D eigenvalue weighted by Gasteiger charge is -2.15. The van der Waals surface area contributed by atoms with Crippen molar-refractivity contribution in [1.82, 2.24) is 4.57 Å². The number of pyridine rings is 1. The Bertz CT molecular complexity index is 1180. The van der Waals surface area contributed by atoms with Gasteiger partial charge in [0.15, 0.2) is 0 Å². The molecule has 31 heavy (non-hydrogen) atoms. The standard InChI is InChI=1S/C25H25NO5/c1-3-31-23(29)16-19(28)15-18(27)13-14-22-24(17-9-5-4-6-10-17)20-11-7-8-12-21(20)25(30)26(22)2/h4-14,18,27H,3,15-16H2,1-2H3/b14-13+. The fourth-order valence-corrected chi connectivity index (χ4v) is 3.54. The monoisotopic (exact) mass is 419 g/mol. The molecule has 0 saturated heterocycles. The number of hydrogen-bond donors (Lipinski definition) is 1. The summed E-state index contributed by atoms with van der Waals surface area (Å²) in [5.74, 6) is -1.02. The summed E-state index contributed by atoms with van der Waals surface area (Å²) in [6.07, 6.45) is 1.45. The van der Waals surface area contributed by atoms with Gasteiger partial charge in [-0.1, -0.05) is 54.6 Å². The summed E-state index contributed by atoms with van der Waals surface area (Å²) in [7, 11) is 1.68. The van der Waals surface area contributed by atoms with Crippen LogP contribution in [0.5, 0.6) is 0 Å². The third-order valence-electron chi connectivity index (χ3n) is 4.97. The largest absolute Gasteiger partial charge is 0.466 e. The number of hydrogen-bond acceptors (Lipinski definition) is 5. The molecule has 0 aliphatic rings. The Hall–Kier alpha value is -3.51. The van der Waals surface area contributed by atoms with Crippen LogP contribution in [0.1, 0.15) is 25.5 Å². The van der Waals surface area contributed by atoms with Gasteiger partial charge in [0.25, 0.3) is 5.56 Å². The smallest absolute Gasteiger partial charge is 0.313 e. The van der Waals surface area contributed by atoms with Crippen molar-refractivity contribution < 1.29 is 19.4 Å². The molecular formula is C25H25NO5. The molecule has 3 aromatic rings. The lowest BCUT2D eigenvalue weighted by Crippen LogP contribution is -2.20. The van der Waals surface area contributed by atoms with Crippen LogP contribution in [0.25, 0.3) is 28.0 Å². The summed E-state index contributed by atoms with van der Waals surface area (Å²) in [5, 5.41) is 11.7. The van der Waals surface area contributed by atoms with Gasteiger partial charge in [-0.15, -0.1) is 0 Å². The van der Waals surface area contributed by atoms with Gasteiger partial charge in [0, 0.05) is 24.4 Å². The highest BCUT2D eigenvalue weighted by molar-refractivity contribution is 5.99. The third-order valence-corrected chi connectivity index (χ3v) is 4.97. The first-order valence-electron chi connectivity index (χ1n) is 10.1. The van der Waals surface area contributed by atoms with E-state index in [0.717, 1.165) is 16.5 Å². The van der Waals surface area contributed by atoms with Gasteiger partial charge in [-0.2, -0.15) is 0 Å². The molecule has 0 aliphatic heterocycles. The van der Waals surface area contributed by atoms with E-state index in [-0.39, 0.29) is 25.0 Å². The fraction of sp³-hybridized carbons (Fsp3) is 0.240. The molecule has 0 spiro atoms. The zero-order chi connectivity index (χ0) is 22.4. The average molecular weight is 419 g/mol. The van der Waals surface area contributed by atoms with Gasteiger partial charge < -0.3 is 14.4 Å². The fourth-order valence-electron chi connectivity index (χ4n) is 3.54. The minimum Gasteiger partial charge on any atom is -0.466 e. The second-order valence-corrected chi connectivity index (χ2v) is 7.19. The summed E-state index contributed by atoms with van der Waals surface area (Å²) < 4.78 is 6.30. The van der Waals surface area contributed by atoms with Crippen molar-refractivity contribution in [2.45, 2.75) is 25.9 Å². The molecule has 160 valence electrons. The number of carbonyl (C=O) groups is 2. The number of nitrogens with zero attached hydrogens (tertiary/aromatic N) is 1. The van der Waals surface area contributed by atoms with Crippen molar-refractivity contribution in [3.63, 3.8) is 0 Å². The maximum Gasteiger partial charge on any atom is 0.313 e. The van der Waals surface area contributed by atoms with Crippen LogP contribution in [-0.2, 0) is 21.4 Å². The number of fused-ring (bicyclic) bond motifs is 1. The Morgan fingerprint density at radius 3 is 2.39 bits per heavy atom. The number of ether oxygens (including phenoxy) is 1. The molecule has 6 nitrogen and oxygen atoms in total. The quantitative estimate of drug-likeness (QED) is 0.446. The Balaban J connectivity index is 1.98. The molecule has 0 aliphatic carbocycles. The molecule has 1 aromatic heterocycles. The SMILES string of the molecule is CCOC(=O)CC(=O)CC(O)/C=C/c1c(-c2ccccc2)c2ccccc2c(=O)n1C. The van der Waals surface area contributed by atoms with Crippen LogP contribution >= 0.6 is 0 Å². The van der Waals surface area contributed by atoms with Gasteiger partial charge in [-0.05, 0) is 30.0 Å². The van der Waals surface area contributed by atoms with Crippen LogP contribution in [0.15, 0.2) is 65.5 Å². The van der Waals surface area contributed by atoms with Crippen LogP contribution in [0.4, 0.5) is 0 Å². The highest BCUT2D eigenvalue weighted by atomic mass is 16.5. The first-order chi connectivity index (χ1) is 14.9. The first-order valence-corrected chi connectivity index (χ1v) is 10.1. The molecule has 1 atom stereocenters. The number of ketones is 1. The van der Waals surface area contributed by atoms with Crippen LogP contribution in [0, 0.1) is 0 Å². The number of aliphatic hydroxyl groups is 1. The molecule has 0 amide bonds. The van der Waals surface area contributed by atoms with Crippen molar-refractivity contribution in [2.24, 2.45) is 7.05 Å². The highest BCUT2D eigenvalue weighted by Crippen LogP contribution is 2.31. The van der Waals surface area contributed by atoms with E-state index in [1.807, 2.05) is 48.5 Å². The molecule has 0 radical (unpaired) electrons. The summed E-state index contributed by atoms with van der Waals surface area (Å²) in [6.45, 7) is 1.87. The maximum atomic E-state index is 12.9. The number of benzene rings is 2. The number of esters is 1. The predicted octanol–water partition coefficient (Wildman–Crippen LogP) is 3.49.